The maximum atomic E-state index is 13.5. The second-order valence-electron chi connectivity index (χ2n) is 8.21. The highest BCUT2D eigenvalue weighted by molar-refractivity contribution is 5.77. The Bertz CT molecular complexity index is 766. The minimum Gasteiger partial charge on any atom is -0.338 e. The lowest BCUT2D eigenvalue weighted by Crippen LogP contribution is -3.28. The van der Waals surface area contributed by atoms with E-state index in [1.807, 2.05) is 29.2 Å². The fourth-order valence-electron chi connectivity index (χ4n) is 4.66. The van der Waals surface area contributed by atoms with Gasteiger partial charge in [0.2, 0.25) is 0 Å². The summed E-state index contributed by atoms with van der Waals surface area (Å²) in [6, 6.07) is 13.3. The summed E-state index contributed by atoms with van der Waals surface area (Å²) >= 11 is 0. The quantitative estimate of drug-likeness (QED) is 0.749. The molecule has 0 atom stereocenters. The zero-order chi connectivity index (χ0) is 20.2. The molecule has 2 N–H and O–H groups in total. The first-order chi connectivity index (χ1) is 14.1. The lowest BCUT2D eigenvalue weighted by Gasteiger charge is -2.35. The van der Waals surface area contributed by atoms with E-state index in [0.717, 1.165) is 63.2 Å². The smallest absolute Gasteiger partial charge is 0.277 e. The number of halogens is 2. The molecule has 0 aromatic heterocycles. The molecule has 0 bridgehead atoms. The zero-order valence-corrected chi connectivity index (χ0v) is 16.7. The van der Waals surface area contributed by atoms with Gasteiger partial charge in [-0.05, 0) is 61.4 Å². The number of nitrogens with one attached hydrogen (secondary N) is 2. The topological polar surface area (TPSA) is 29.2 Å². The van der Waals surface area contributed by atoms with Gasteiger partial charge in [0.15, 0.2) is 6.54 Å². The Hall–Kier alpha value is -2.31. The van der Waals surface area contributed by atoms with Crippen LogP contribution >= 0.6 is 0 Å². The van der Waals surface area contributed by atoms with E-state index >= 15 is 0 Å². The first kappa shape index (κ1) is 20.0. The standard InChI is InChI=1S/C23H27F2N3O/c24-20-7-3-18(4-8-20)23(19-5-9-21(25)10-6-19)28-15-13-26(14-16-28)17-22(29)27-11-1-2-12-27/h3-10,23H,1-2,11-17H2/p+2. The Morgan fingerprint density at radius 1 is 0.828 bits per heavy atom. The number of hydrogen-bond donors (Lipinski definition) is 2. The zero-order valence-electron chi connectivity index (χ0n) is 16.7. The Kier molecular flexibility index (Phi) is 6.21. The van der Waals surface area contributed by atoms with Crippen LogP contribution < -0.4 is 9.80 Å². The fraction of sp³-hybridized carbons (Fsp3) is 0.435. The van der Waals surface area contributed by atoms with Crippen LogP contribution in [0.25, 0.3) is 0 Å². The van der Waals surface area contributed by atoms with Crippen LogP contribution in [0.3, 0.4) is 0 Å². The normalized spacial score (nSPS) is 22.2. The largest absolute Gasteiger partial charge is 0.338 e. The van der Waals surface area contributed by atoms with Crippen LogP contribution in [0, 0.1) is 11.6 Å². The van der Waals surface area contributed by atoms with Crippen LogP contribution in [0.2, 0.25) is 0 Å². The summed E-state index contributed by atoms with van der Waals surface area (Å²) in [5.74, 6) is -0.234. The number of amides is 1. The van der Waals surface area contributed by atoms with Crippen LogP contribution in [0.15, 0.2) is 48.5 Å². The minimum atomic E-state index is -0.253. The maximum Gasteiger partial charge on any atom is 0.277 e. The van der Waals surface area contributed by atoms with Gasteiger partial charge in [0.05, 0.1) is 0 Å². The Morgan fingerprint density at radius 3 is 1.79 bits per heavy atom. The van der Waals surface area contributed by atoms with Crippen molar-refractivity contribution >= 4 is 5.91 Å². The van der Waals surface area contributed by atoms with E-state index in [9.17, 15) is 13.6 Å². The number of benzene rings is 2. The molecule has 2 aromatic rings. The molecule has 1 amide bonds. The summed E-state index contributed by atoms with van der Waals surface area (Å²) in [4.78, 5) is 17.2. The van der Waals surface area contributed by atoms with Gasteiger partial charge in [-0.15, -0.1) is 0 Å². The molecule has 0 radical (unpaired) electrons. The molecule has 0 aliphatic carbocycles. The third-order valence-corrected chi connectivity index (χ3v) is 6.27. The number of piperazine rings is 1. The van der Waals surface area contributed by atoms with Crippen molar-refractivity contribution < 1.29 is 23.4 Å². The molecule has 2 aliphatic rings. The summed E-state index contributed by atoms with van der Waals surface area (Å²) in [7, 11) is 0. The van der Waals surface area contributed by atoms with E-state index in [4.69, 9.17) is 0 Å². The van der Waals surface area contributed by atoms with Gasteiger partial charge in [-0.2, -0.15) is 0 Å². The van der Waals surface area contributed by atoms with Gasteiger partial charge in [-0.25, -0.2) is 8.78 Å². The molecule has 0 unspecified atom stereocenters. The minimum absolute atomic E-state index is 0.0343. The van der Waals surface area contributed by atoms with Crippen molar-refractivity contribution in [3.8, 4) is 0 Å². The van der Waals surface area contributed by atoms with E-state index in [-0.39, 0.29) is 23.6 Å². The predicted molar refractivity (Wildman–Crippen MR) is 107 cm³/mol. The lowest BCUT2D eigenvalue weighted by atomic mass is 9.96. The molecule has 4 rings (SSSR count). The van der Waals surface area contributed by atoms with Crippen molar-refractivity contribution in [2.45, 2.75) is 18.9 Å². The van der Waals surface area contributed by atoms with E-state index in [1.54, 1.807) is 0 Å². The average molecular weight is 402 g/mol. The molecule has 2 aliphatic heterocycles. The van der Waals surface area contributed by atoms with Crippen LogP contribution in [-0.4, -0.2) is 56.6 Å². The van der Waals surface area contributed by atoms with Gasteiger partial charge in [-0.1, -0.05) is 0 Å². The number of carbonyl (C=O) groups is 1. The van der Waals surface area contributed by atoms with Gasteiger partial charge >= 0.3 is 0 Å². The van der Waals surface area contributed by atoms with Crippen molar-refractivity contribution in [3.63, 3.8) is 0 Å². The maximum absolute atomic E-state index is 13.5. The van der Waals surface area contributed by atoms with E-state index in [0.29, 0.717) is 6.54 Å². The Balaban J connectivity index is 1.45. The second kappa shape index (κ2) is 9.01. The highest BCUT2D eigenvalue weighted by Crippen LogP contribution is 2.20. The first-order valence-electron chi connectivity index (χ1n) is 10.6. The highest BCUT2D eigenvalue weighted by atomic mass is 19.1. The molecule has 2 aromatic carbocycles. The molecule has 4 nitrogen and oxygen atoms in total. The van der Waals surface area contributed by atoms with E-state index in [2.05, 4.69) is 0 Å². The number of nitrogens with zero attached hydrogens (tertiary/aromatic N) is 1. The molecule has 2 heterocycles. The lowest BCUT2D eigenvalue weighted by molar-refractivity contribution is -1.02. The molecular formula is C23H29F2N3O+2. The molecule has 29 heavy (non-hydrogen) atoms. The number of hydrogen-bond acceptors (Lipinski definition) is 1. The van der Waals surface area contributed by atoms with Crippen LogP contribution in [0.1, 0.15) is 30.0 Å². The Morgan fingerprint density at radius 2 is 1.31 bits per heavy atom. The molecule has 2 saturated heterocycles. The van der Waals surface area contributed by atoms with Crippen molar-refractivity contribution in [1.29, 1.82) is 0 Å². The monoisotopic (exact) mass is 401 g/mol. The fourth-order valence-corrected chi connectivity index (χ4v) is 4.66. The average Bonchev–Trinajstić information content (AvgIpc) is 3.27. The third-order valence-electron chi connectivity index (χ3n) is 6.27. The number of quaternary nitrogens is 2. The Labute approximate surface area is 170 Å². The summed E-state index contributed by atoms with van der Waals surface area (Å²) in [5, 5.41) is 0. The number of likely N-dealkylation sites (tertiary alicyclic amines) is 1. The number of carbonyl (C=O) groups excluding carboxylic acids is 1. The second-order valence-corrected chi connectivity index (χ2v) is 8.21. The van der Waals surface area contributed by atoms with Crippen LogP contribution in [0.5, 0.6) is 0 Å². The molecule has 2 fully saturated rings. The van der Waals surface area contributed by atoms with Crippen molar-refractivity contribution in [1.82, 2.24) is 4.90 Å². The van der Waals surface area contributed by atoms with Gasteiger partial charge in [-0.3, -0.25) is 4.79 Å². The van der Waals surface area contributed by atoms with Crippen molar-refractivity contribution in [2.75, 3.05) is 45.8 Å². The van der Waals surface area contributed by atoms with Gasteiger partial charge < -0.3 is 14.7 Å². The van der Waals surface area contributed by atoms with Gasteiger partial charge in [0, 0.05) is 24.2 Å². The third kappa shape index (κ3) is 4.82. The van der Waals surface area contributed by atoms with E-state index < -0.39 is 0 Å². The van der Waals surface area contributed by atoms with E-state index in [1.165, 1.54) is 34.1 Å². The molecular weight excluding hydrogens is 372 g/mol. The molecule has 0 spiro atoms. The summed E-state index contributed by atoms with van der Waals surface area (Å²) in [6.07, 6.45) is 2.24. The van der Waals surface area contributed by atoms with Gasteiger partial charge in [0.25, 0.3) is 5.91 Å². The van der Waals surface area contributed by atoms with Crippen LogP contribution in [0.4, 0.5) is 8.78 Å². The van der Waals surface area contributed by atoms with Gasteiger partial charge in [0.1, 0.15) is 43.9 Å². The number of rotatable bonds is 5. The SMILES string of the molecule is O=C(C[NH+]1CC[NH+](C(c2ccc(F)cc2)c2ccc(F)cc2)CC1)N1CCCC1. The van der Waals surface area contributed by atoms with Crippen molar-refractivity contribution in [3.05, 3.63) is 71.3 Å². The summed E-state index contributed by atoms with van der Waals surface area (Å²) in [6.45, 7) is 6.07. The summed E-state index contributed by atoms with van der Waals surface area (Å²) < 4.78 is 26.9. The molecule has 0 saturated carbocycles. The highest BCUT2D eigenvalue weighted by Gasteiger charge is 2.33. The van der Waals surface area contributed by atoms with Crippen LogP contribution in [-0.2, 0) is 4.79 Å². The summed E-state index contributed by atoms with van der Waals surface area (Å²) in [5.41, 5.74) is 2.06. The first-order valence-corrected chi connectivity index (χ1v) is 10.6. The molecule has 6 heteroatoms. The van der Waals surface area contributed by atoms with Crippen molar-refractivity contribution in [2.24, 2.45) is 0 Å². The predicted octanol–water partition coefficient (Wildman–Crippen LogP) is 0.460. The molecule has 154 valence electrons.